The van der Waals surface area contributed by atoms with Crippen molar-refractivity contribution in [3.05, 3.63) is 24.3 Å². The van der Waals surface area contributed by atoms with Crippen LogP contribution >= 0.6 is 15.9 Å². The minimum absolute atomic E-state index is 0.0438. The second-order valence-corrected chi connectivity index (χ2v) is 12.2. The Hall–Kier alpha value is -2.17. The molecule has 39 heavy (non-hydrogen) atoms. The number of halogens is 1. The van der Waals surface area contributed by atoms with Crippen LogP contribution in [0.4, 0.5) is 5.69 Å². The average Bonchev–Trinajstić information content (AvgIpc) is 3.51. The molecule has 216 valence electrons. The van der Waals surface area contributed by atoms with E-state index in [1.807, 2.05) is 20.8 Å². The number of nitrogens with one attached hydrogen (secondary N) is 2. The fourth-order valence-corrected chi connectivity index (χ4v) is 7.49. The number of anilines is 1. The molecule has 3 unspecified atom stereocenters. The summed E-state index contributed by atoms with van der Waals surface area (Å²) < 4.78 is 12.0. The van der Waals surface area contributed by atoms with Gasteiger partial charge in [-0.3, -0.25) is 14.4 Å². The van der Waals surface area contributed by atoms with Gasteiger partial charge in [-0.2, -0.15) is 0 Å². The van der Waals surface area contributed by atoms with Crippen LogP contribution in [-0.4, -0.2) is 76.1 Å². The number of carbonyl (C=O) groups is 3. The Bertz CT molecular complexity index is 1040. The number of nitrogens with zero attached hydrogens (tertiary/aromatic N) is 1. The third-order valence-electron chi connectivity index (χ3n) is 8.64. The predicted octanol–water partition coefficient (Wildman–Crippen LogP) is 3.49. The van der Waals surface area contributed by atoms with Crippen molar-refractivity contribution in [3.8, 4) is 5.75 Å². The van der Waals surface area contributed by atoms with Crippen LogP contribution in [0.2, 0.25) is 0 Å². The van der Waals surface area contributed by atoms with Crippen molar-refractivity contribution in [2.24, 2.45) is 17.8 Å². The van der Waals surface area contributed by atoms with Gasteiger partial charge in [-0.25, -0.2) is 0 Å². The molecular weight excluding hydrogens is 566 g/mol. The number of amides is 3. The van der Waals surface area contributed by atoms with Gasteiger partial charge >= 0.3 is 0 Å². The fourth-order valence-electron chi connectivity index (χ4n) is 6.55. The Kier molecular flexibility index (Phi) is 9.60. The lowest BCUT2D eigenvalue weighted by Crippen LogP contribution is -2.59. The van der Waals surface area contributed by atoms with Crippen molar-refractivity contribution >= 4 is 39.3 Å². The summed E-state index contributed by atoms with van der Waals surface area (Å²) in [6.45, 7) is 8.74. The van der Waals surface area contributed by atoms with Crippen LogP contribution in [0.1, 0.15) is 59.8 Å². The molecule has 2 bridgehead atoms. The number of rotatable bonds is 13. The zero-order valence-electron chi connectivity index (χ0n) is 23.3. The van der Waals surface area contributed by atoms with Gasteiger partial charge in [-0.05, 0) is 49.9 Å². The predicted molar refractivity (Wildman–Crippen MR) is 152 cm³/mol. The lowest BCUT2D eigenvalue weighted by Gasteiger charge is -2.38. The SMILES string of the molecule is CCCCCNC(=O)C1N([C@@H](CO)[C@@H](C)CC)C(=O)[C@@H]2[C@@H](C(=O)Nc3ccc(OCC)cc3)[C@@H]3OC12CC3Br. The highest BCUT2D eigenvalue weighted by Gasteiger charge is 2.77. The van der Waals surface area contributed by atoms with Gasteiger partial charge in [-0.15, -0.1) is 0 Å². The van der Waals surface area contributed by atoms with Gasteiger partial charge in [0.2, 0.25) is 17.7 Å². The Morgan fingerprint density at radius 2 is 1.92 bits per heavy atom. The molecule has 3 aliphatic rings. The second kappa shape index (κ2) is 12.6. The van der Waals surface area contributed by atoms with Gasteiger partial charge in [0.25, 0.3) is 0 Å². The van der Waals surface area contributed by atoms with Crippen LogP contribution < -0.4 is 15.4 Å². The molecule has 0 saturated carbocycles. The third-order valence-corrected chi connectivity index (χ3v) is 9.48. The largest absolute Gasteiger partial charge is 0.494 e. The summed E-state index contributed by atoms with van der Waals surface area (Å²) in [7, 11) is 0. The van der Waals surface area contributed by atoms with Gasteiger partial charge in [0.15, 0.2) is 0 Å². The molecule has 10 heteroatoms. The molecule has 3 N–H and O–H groups in total. The zero-order valence-corrected chi connectivity index (χ0v) is 24.9. The quantitative estimate of drug-likeness (QED) is 0.233. The first kappa shape index (κ1) is 29.8. The number of carbonyl (C=O) groups excluding carboxylic acids is 3. The number of aliphatic hydroxyl groups is 1. The Morgan fingerprint density at radius 3 is 2.54 bits per heavy atom. The number of unbranched alkanes of at least 4 members (excludes halogenated alkanes) is 2. The molecule has 3 amide bonds. The number of aliphatic hydroxyl groups excluding tert-OH is 1. The van der Waals surface area contributed by atoms with E-state index in [-0.39, 0.29) is 35.1 Å². The summed E-state index contributed by atoms with van der Waals surface area (Å²) >= 11 is 3.70. The van der Waals surface area contributed by atoms with Crippen LogP contribution in [0.3, 0.4) is 0 Å². The van der Waals surface area contributed by atoms with E-state index < -0.39 is 35.6 Å². The highest BCUT2D eigenvalue weighted by Crippen LogP contribution is 2.60. The maximum Gasteiger partial charge on any atom is 0.245 e. The Balaban J connectivity index is 1.66. The molecule has 9 nitrogen and oxygen atoms in total. The van der Waals surface area contributed by atoms with E-state index in [2.05, 4.69) is 33.5 Å². The molecule has 3 aliphatic heterocycles. The highest BCUT2D eigenvalue weighted by atomic mass is 79.9. The Labute approximate surface area is 239 Å². The lowest BCUT2D eigenvalue weighted by atomic mass is 9.70. The number of fused-ring (bicyclic) bond motifs is 1. The number of alkyl halides is 1. The standard InChI is InChI=1S/C29H42BrN3O6/c1-5-8-9-14-31-27(36)25-29-15-20(30)24(39-29)22(23(29)28(37)33(25)21(16-34)17(4)6-2)26(35)32-18-10-12-19(13-11-18)38-7-3/h10-13,17,20-25,34H,5-9,14-16H2,1-4H3,(H,31,36)(H,32,35)/t17-,20?,21-,22+,23-,24+,25?,29?/m0/s1. The summed E-state index contributed by atoms with van der Waals surface area (Å²) in [5, 5.41) is 16.4. The van der Waals surface area contributed by atoms with Crippen LogP contribution in [0.15, 0.2) is 24.3 Å². The number of hydrogen-bond donors (Lipinski definition) is 3. The summed E-state index contributed by atoms with van der Waals surface area (Å²) in [5.74, 6) is -1.83. The summed E-state index contributed by atoms with van der Waals surface area (Å²) in [6.07, 6.45) is 3.47. The first-order valence-corrected chi connectivity index (χ1v) is 15.2. The van der Waals surface area contributed by atoms with Crippen LogP contribution in [0, 0.1) is 17.8 Å². The normalized spacial score (nSPS) is 30.7. The number of hydrogen-bond acceptors (Lipinski definition) is 6. The summed E-state index contributed by atoms with van der Waals surface area (Å²) in [5.41, 5.74) is -0.557. The molecule has 1 aromatic rings. The monoisotopic (exact) mass is 607 g/mol. The van der Waals surface area contributed by atoms with E-state index >= 15 is 0 Å². The van der Waals surface area contributed by atoms with E-state index in [4.69, 9.17) is 9.47 Å². The molecular formula is C29H42BrN3O6. The molecule has 3 saturated heterocycles. The molecule has 1 spiro atoms. The lowest BCUT2D eigenvalue weighted by molar-refractivity contribution is -0.146. The minimum Gasteiger partial charge on any atom is -0.494 e. The van der Waals surface area contributed by atoms with Crippen molar-refractivity contribution in [2.75, 3.05) is 25.1 Å². The number of ether oxygens (including phenoxy) is 2. The third kappa shape index (κ3) is 5.44. The van der Waals surface area contributed by atoms with Crippen molar-refractivity contribution in [1.82, 2.24) is 10.2 Å². The van der Waals surface area contributed by atoms with Crippen molar-refractivity contribution in [2.45, 2.75) is 88.4 Å². The number of benzene rings is 1. The molecule has 0 radical (unpaired) electrons. The topological polar surface area (TPSA) is 117 Å². The van der Waals surface area contributed by atoms with Crippen molar-refractivity contribution < 1.29 is 29.0 Å². The molecule has 4 rings (SSSR count). The molecule has 3 fully saturated rings. The van der Waals surface area contributed by atoms with Gasteiger partial charge in [0.05, 0.1) is 37.2 Å². The van der Waals surface area contributed by atoms with Gasteiger partial charge in [0, 0.05) is 17.1 Å². The second-order valence-electron chi connectivity index (χ2n) is 11.0. The van der Waals surface area contributed by atoms with Crippen molar-refractivity contribution in [1.29, 1.82) is 0 Å². The highest BCUT2D eigenvalue weighted by molar-refractivity contribution is 9.09. The van der Waals surface area contributed by atoms with E-state index in [1.54, 1.807) is 29.2 Å². The summed E-state index contributed by atoms with van der Waals surface area (Å²) in [6, 6.07) is 5.61. The molecule has 1 aromatic carbocycles. The van der Waals surface area contributed by atoms with Crippen molar-refractivity contribution in [3.63, 3.8) is 0 Å². The zero-order chi connectivity index (χ0) is 28.3. The molecule has 8 atom stereocenters. The van der Waals surface area contributed by atoms with Crippen LogP contribution in [0.25, 0.3) is 0 Å². The first-order chi connectivity index (χ1) is 18.7. The van der Waals surface area contributed by atoms with E-state index in [9.17, 15) is 19.5 Å². The molecule has 0 aliphatic carbocycles. The Morgan fingerprint density at radius 1 is 1.21 bits per heavy atom. The number of likely N-dealkylation sites (tertiary alicyclic amines) is 1. The van der Waals surface area contributed by atoms with E-state index in [1.165, 1.54) is 0 Å². The van der Waals surface area contributed by atoms with Gasteiger partial charge in [0.1, 0.15) is 17.4 Å². The maximum atomic E-state index is 14.2. The first-order valence-electron chi connectivity index (χ1n) is 14.3. The fraction of sp³-hybridized carbons (Fsp3) is 0.690. The molecule has 0 aromatic heterocycles. The molecule has 3 heterocycles. The van der Waals surface area contributed by atoms with E-state index in [0.717, 1.165) is 25.7 Å². The average molecular weight is 609 g/mol. The van der Waals surface area contributed by atoms with E-state index in [0.29, 0.717) is 31.0 Å². The van der Waals surface area contributed by atoms with Gasteiger partial charge in [-0.1, -0.05) is 56.0 Å². The maximum absolute atomic E-state index is 14.2. The summed E-state index contributed by atoms with van der Waals surface area (Å²) in [4.78, 5) is 43.1. The minimum atomic E-state index is -1.15. The van der Waals surface area contributed by atoms with Crippen LogP contribution in [-0.2, 0) is 19.1 Å². The van der Waals surface area contributed by atoms with Crippen LogP contribution in [0.5, 0.6) is 5.75 Å². The smallest absolute Gasteiger partial charge is 0.245 e. The van der Waals surface area contributed by atoms with Gasteiger partial charge < -0.3 is 30.1 Å².